The lowest BCUT2D eigenvalue weighted by molar-refractivity contribution is 0.311. The Morgan fingerprint density at radius 2 is 2.11 bits per heavy atom. The van der Waals surface area contributed by atoms with E-state index in [2.05, 4.69) is 39.3 Å². The van der Waals surface area contributed by atoms with Crippen molar-refractivity contribution in [3.63, 3.8) is 0 Å². The number of anilines is 1. The molecule has 1 fully saturated rings. The summed E-state index contributed by atoms with van der Waals surface area (Å²) in [5, 5.41) is 12.7. The fourth-order valence-corrected chi connectivity index (χ4v) is 3.84. The number of nitriles is 1. The lowest BCUT2D eigenvalue weighted by Gasteiger charge is -2.33. The van der Waals surface area contributed by atoms with Gasteiger partial charge in [0.05, 0.1) is 11.6 Å². The summed E-state index contributed by atoms with van der Waals surface area (Å²) >= 11 is 0. The zero-order valence-electron chi connectivity index (χ0n) is 15.9. The first-order valence-corrected chi connectivity index (χ1v) is 9.72. The molecule has 1 N–H and O–H groups in total. The highest BCUT2D eigenvalue weighted by atomic mass is 15.3. The number of rotatable bonds is 4. The highest BCUT2D eigenvalue weighted by molar-refractivity contribution is 5.36. The van der Waals surface area contributed by atoms with Gasteiger partial charge in [0.15, 0.2) is 0 Å². The summed E-state index contributed by atoms with van der Waals surface area (Å²) < 4.78 is 0. The van der Waals surface area contributed by atoms with Crippen molar-refractivity contribution in [3.05, 3.63) is 52.8 Å². The van der Waals surface area contributed by atoms with E-state index in [1.165, 1.54) is 11.3 Å². The second kappa shape index (κ2) is 8.03. The molecule has 0 radical (unpaired) electrons. The van der Waals surface area contributed by atoms with Crippen LogP contribution in [0.3, 0.4) is 0 Å². The molecule has 6 heteroatoms. The Labute approximate surface area is 160 Å². The first-order valence-electron chi connectivity index (χ1n) is 9.72. The quantitative estimate of drug-likeness (QED) is 0.894. The van der Waals surface area contributed by atoms with Gasteiger partial charge in [0.25, 0.3) is 0 Å². The van der Waals surface area contributed by atoms with Gasteiger partial charge in [0, 0.05) is 50.7 Å². The zero-order valence-corrected chi connectivity index (χ0v) is 15.9. The Balaban J connectivity index is 1.36. The number of nitrogens with one attached hydrogen (secondary N) is 1. The second-order valence-corrected chi connectivity index (χ2v) is 7.57. The van der Waals surface area contributed by atoms with E-state index >= 15 is 0 Å². The maximum atomic E-state index is 9.03. The van der Waals surface area contributed by atoms with E-state index in [9.17, 15) is 0 Å². The number of aryl methyl sites for hydroxylation is 1. The Bertz CT molecular complexity index is 835. The third kappa shape index (κ3) is 4.26. The van der Waals surface area contributed by atoms with Gasteiger partial charge in [-0.25, -0.2) is 9.97 Å². The van der Waals surface area contributed by atoms with Crippen molar-refractivity contribution >= 4 is 5.95 Å². The number of aromatic nitrogens is 2. The summed E-state index contributed by atoms with van der Waals surface area (Å²) in [5.41, 5.74) is 4.35. The number of hydrogen-bond donors (Lipinski definition) is 1. The largest absolute Gasteiger partial charge is 0.338 e. The molecule has 1 aliphatic heterocycles. The third-order valence-corrected chi connectivity index (χ3v) is 5.57. The van der Waals surface area contributed by atoms with Crippen molar-refractivity contribution in [1.29, 1.82) is 5.26 Å². The first kappa shape index (κ1) is 17.9. The van der Waals surface area contributed by atoms with Crippen LogP contribution in [-0.2, 0) is 19.4 Å². The van der Waals surface area contributed by atoms with Crippen LogP contribution in [0.25, 0.3) is 0 Å². The lowest BCUT2D eigenvalue weighted by atomic mass is 9.92. The number of fused-ring (bicyclic) bond motifs is 1. The Kier molecular flexibility index (Phi) is 5.33. The van der Waals surface area contributed by atoms with E-state index in [4.69, 9.17) is 10.2 Å². The second-order valence-electron chi connectivity index (χ2n) is 7.57. The third-order valence-electron chi connectivity index (χ3n) is 5.57. The summed E-state index contributed by atoms with van der Waals surface area (Å²) in [6, 6.07) is 10.4. The molecule has 6 nitrogen and oxygen atoms in total. The van der Waals surface area contributed by atoms with E-state index in [-0.39, 0.29) is 0 Å². The predicted molar refractivity (Wildman–Crippen MR) is 106 cm³/mol. The van der Waals surface area contributed by atoms with E-state index in [1.54, 1.807) is 0 Å². The number of piperazine rings is 1. The molecule has 0 amide bonds. The van der Waals surface area contributed by atoms with Crippen LogP contribution < -0.4 is 10.2 Å². The van der Waals surface area contributed by atoms with Gasteiger partial charge in [-0.2, -0.15) is 5.26 Å². The molecule has 1 aromatic carbocycles. The molecule has 140 valence electrons. The van der Waals surface area contributed by atoms with Gasteiger partial charge in [0.2, 0.25) is 5.95 Å². The number of nitrogens with zero attached hydrogens (tertiary/aromatic N) is 5. The highest BCUT2D eigenvalue weighted by Crippen LogP contribution is 2.22. The van der Waals surface area contributed by atoms with Gasteiger partial charge in [-0.05, 0) is 49.6 Å². The van der Waals surface area contributed by atoms with Crippen molar-refractivity contribution in [2.24, 2.45) is 0 Å². The molecular weight excluding hydrogens is 336 g/mol. The molecule has 27 heavy (non-hydrogen) atoms. The summed E-state index contributed by atoms with van der Waals surface area (Å²) in [4.78, 5) is 14.2. The fourth-order valence-electron chi connectivity index (χ4n) is 3.84. The smallest absolute Gasteiger partial charge is 0.225 e. The minimum absolute atomic E-state index is 0.432. The standard InChI is InChI=1S/C21H26N6/c1-26-7-9-27(10-8-26)21-24-15-18-12-19(5-6-20(18)25-21)23-14-17-4-2-3-16(11-17)13-22/h2-4,11,15,19,23H,5-10,12,14H2,1H3/t19-/m0/s1. The van der Waals surface area contributed by atoms with Gasteiger partial charge < -0.3 is 15.1 Å². The average molecular weight is 362 g/mol. The van der Waals surface area contributed by atoms with Crippen molar-refractivity contribution < 1.29 is 0 Å². The number of hydrogen-bond acceptors (Lipinski definition) is 6. The van der Waals surface area contributed by atoms with Gasteiger partial charge in [-0.15, -0.1) is 0 Å². The van der Waals surface area contributed by atoms with Crippen LogP contribution in [0.2, 0.25) is 0 Å². The first-order chi connectivity index (χ1) is 13.2. The van der Waals surface area contributed by atoms with Crippen LogP contribution in [0.1, 0.15) is 28.8 Å². The molecule has 1 saturated heterocycles. The Hall–Kier alpha value is -2.49. The predicted octanol–water partition coefficient (Wildman–Crippen LogP) is 1.75. The van der Waals surface area contributed by atoms with E-state index in [0.717, 1.165) is 63.5 Å². The monoisotopic (exact) mass is 362 g/mol. The molecule has 4 rings (SSSR count). The molecule has 0 bridgehead atoms. The molecule has 2 aromatic rings. The molecule has 2 aliphatic rings. The van der Waals surface area contributed by atoms with Crippen molar-refractivity contribution in [2.45, 2.75) is 31.8 Å². The number of benzene rings is 1. The van der Waals surface area contributed by atoms with Crippen molar-refractivity contribution in [1.82, 2.24) is 20.2 Å². The van der Waals surface area contributed by atoms with Crippen LogP contribution in [0.4, 0.5) is 5.95 Å². The summed E-state index contributed by atoms with van der Waals surface area (Å²) in [6.07, 6.45) is 5.08. The molecule has 1 aliphatic carbocycles. The fraction of sp³-hybridized carbons (Fsp3) is 0.476. The van der Waals surface area contributed by atoms with Crippen LogP contribution in [0, 0.1) is 11.3 Å². The molecule has 1 atom stereocenters. The van der Waals surface area contributed by atoms with Gasteiger partial charge in [-0.1, -0.05) is 12.1 Å². The van der Waals surface area contributed by atoms with Crippen LogP contribution >= 0.6 is 0 Å². The Morgan fingerprint density at radius 3 is 2.93 bits per heavy atom. The van der Waals surface area contributed by atoms with Crippen LogP contribution in [-0.4, -0.2) is 54.1 Å². The van der Waals surface area contributed by atoms with E-state index < -0.39 is 0 Å². The van der Waals surface area contributed by atoms with E-state index in [0.29, 0.717) is 11.6 Å². The number of likely N-dealkylation sites (N-methyl/N-ethyl adjacent to an activating group) is 1. The highest BCUT2D eigenvalue weighted by Gasteiger charge is 2.22. The van der Waals surface area contributed by atoms with Gasteiger partial charge in [0.1, 0.15) is 0 Å². The molecular formula is C21H26N6. The minimum atomic E-state index is 0.432. The van der Waals surface area contributed by atoms with E-state index in [1.807, 2.05) is 24.4 Å². The maximum Gasteiger partial charge on any atom is 0.225 e. The van der Waals surface area contributed by atoms with Crippen LogP contribution in [0.5, 0.6) is 0 Å². The molecule has 2 heterocycles. The van der Waals surface area contributed by atoms with Crippen molar-refractivity contribution in [3.8, 4) is 6.07 Å². The van der Waals surface area contributed by atoms with Gasteiger partial charge >= 0.3 is 0 Å². The topological polar surface area (TPSA) is 68.1 Å². The minimum Gasteiger partial charge on any atom is -0.338 e. The molecule has 0 spiro atoms. The van der Waals surface area contributed by atoms with Crippen molar-refractivity contribution in [2.75, 3.05) is 38.1 Å². The maximum absolute atomic E-state index is 9.03. The molecule has 0 saturated carbocycles. The zero-order chi connectivity index (χ0) is 18.6. The summed E-state index contributed by atoms with van der Waals surface area (Å²) in [6.45, 7) is 4.93. The SMILES string of the molecule is CN1CCN(c2ncc3c(n2)CC[C@H](NCc2cccc(C#N)c2)C3)CC1. The van der Waals surface area contributed by atoms with Gasteiger partial charge in [-0.3, -0.25) is 0 Å². The lowest BCUT2D eigenvalue weighted by Crippen LogP contribution is -2.45. The molecule has 1 aromatic heterocycles. The Morgan fingerprint density at radius 1 is 1.26 bits per heavy atom. The summed E-state index contributed by atoms with van der Waals surface area (Å²) in [5.74, 6) is 0.890. The average Bonchev–Trinajstić information content (AvgIpc) is 2.72. The normalized spacial score (nSPS) is 20.1. The van der Waals surface area contributed by atoms with Crippen LogP contribution in [0.15, 0.2) is 30.5 Å². The molecule has 0 unspecified atom stereocenters. The summed E-state index contributed by atoms with van der Waals surface area (Å²) in [7, 11) is 2.16.